The molecule has 18 heavy (non-hydrogen) atoms. The van der Waals surface area contributed by atoms with Crippen LogP contribution in [0.2, 0.25) is 0 Å². The molecule has 2 rings (SSSR count). The van der Waals surface area contributed by atoms with Gasteiger partial charge in [-0.15, -0.1) is 0 Å². The SMILES string of the molecule is CC1CCOC1C(=O)N(C)C1COCC1C(=O)O. The fourth-order valence-electron chi connectivity index (χ4n) is 2.54. The summed E-state index contributed by atoms with van der Waals surface area (Å²) in [7, 11) is 1.63. The van der Waals surface area contributed by atoms with Crippen molar-refractivity contribution in [2.24, 2.45) is 11.8 Å². The van der Waals surface area contributed by atoms with Gasteiger partial charge in [-0.2, -0.15) is 0 Å². The van der Waals surface area contributed by atoms with Crippen LogP contribution in [0.1, 0.15) is 13.3 Å². The number of hydrogen-bond donors (Lipinski definition) is 1. The number of carboxylic acids is 1. The predicted molar refractivity (Wildman–Crippen MR) is 62.0 cm³/mol. The van der Waals surface area contributed by atoms with Crippen LogP contribution in [0, 0.1) is 11.8 Å². The lowest BCUT2D eigenvalue weighted by atomic mass is 9.99. The van der Waals surface area contributed by atoms with E-state index in [1.807, 2.05) is 6.92 Å². The molecule has 0 aromatic carbocycles. The first-order chi connectivity index (χ1) is 8.52. The topological polar surface area (TPSA) is 76.1 Å². The second-order valence-electron chi connectivity index (χ2n) is 5.06. The van der Waals surface area contributed by atoms with Crippen molar-refractivity contribution in [1.82, 2.24) is 4.90 Å². The molecule has 2 aliphatic rings. The first-order valence-corrected chi connectivity index (χ1v) is 6.21. The molecule has 0 radical (unpaired) electrons. The molecule has 0 saturated carbocycles. The molecular formula is C12H19NO5. The van der Waals surface area contributed by atoms with Gasteiger partial charge < -0.3 is 19.5 Å². The van der Waals surface area contributed by atoms with Gasteiger partial charge in [-0.3, -0.25) is 9.59 Å². The maximum absolute atomic E-state index is 12.3. The Kier molecular flexibility index (Phi) is 3.87. The first-order valence-electron chi connectivity index (χ1n) is 6.21. The molecule has 2 aliphatic heterocycles. The third-order valence-corrected chi connectivity index (χ3v) is 3.84. The molecule has 2 fully saturated rings. The molecule has 6 heteroatoms. The van der Waals surface area contributed by atoms with Crippen LogP contribution in [0.15, 0.2) is 0 Å². The van der Waals surface area contributed by atoms with Crippen LogP contribution in [0.5, 0.6) is 0 Å². The van der Waals surface area contributed by atoms with E-state index in [1.165, 1.54) is 4.90 Å². The number of likely N-dealkylation sites (N-methyl/N-ethyl adjacent to an activating group) is 1. The molecule has 0 aromatic heterocycles. The van der Waals surface area contributed by atoms with E-state index in [0.29, 0.717) is 6.61 Å². The highest BCUT2D eigenvalue weighted by Gasteiger charge is 2.42. The average molecular weight is 257 g/mol. The van der Waals surface area contributed by atoms with Crippen LogP contribution in [0.3, 0.4) is 0 Å². The van der Waals surface area contributed by atoms with Crippen LogP contribution in [-0.2, 0) is 19.1 Å². The Morgan fingerprint density at radius 1 is 1.33 bits per heavy atom. The summed E-state index contributed by atoms with van der Waals surface area (Å²) in [5, 5.41) is 9.08. The van der Waals surface area contributed by atoms with E-state index < -0.39 is 24.0 Å². The number of ether oxygens (including phenoxy) is 2. The smallest absolute Gasteiger partial charge is 0.311 e. The van der Waals surface area contributed by atoms with Crippen LogP contribution in [-0.4, -0.2) is 60.9 Å². The lowest BCUT2D eigenvalue weighted by molar-refractivity contribution is -0.148. The number of carbonyl (C=O) groups excluding carboxylic acids is 1. The van der Waals surface area contributed by atoms with E-state index in [2.05, 4.69) is 0 Å². The molecule has 0 spiro atoms. The Balaban J connectivity index is 2.04. The molecule has 0 aliphatic carbocycles. The average Bonchev–Trinajstić information content (AvgIpc) is 2.95. The standard InChI is InChI=1S/C12H19NO5/c1-7-3-4-18-10(7)11(14)13(2)9-6-17-5-8(9)12(15)16/h7-10H,3-6H2,1-2H3,(H,15,16). The first kappa shape index (κ1) is 13.3. The Hall–Kier alpha value is -1.14. The third-order valence-electron chi connectivity index (χ3n) is 3.84. The molecule has 0 bridgehead atoms. The lowest BCUT2D eigenvalue weighted by Gasteiger charge is -2.29. The van der Waals surface area contributed by atoms with E-state index >= 15 is 0 Å². The van der Waals surface area contributed by atoms with Gasteiger partial charge in [-0.1, -0.05) is 6.92 Å². The highest BCUT2D eigenvalue weighted by atomic mass is 16.5. The van der Waals surface area contributed by atoms with E-state index in [9.17, 15) is 9.59 Å². The minimum absolute atomic E-state index is 0.137. The van der Waals surface area contributed by atoms with Crippen LogP contribution in [0.4, 0.5) is 0 Å². The van der Waals surface area contributed by atoms with Crippen LogP contribution < -0.4 is 0 Å². The number of carbonyl (C=O) groups is 2. The zero-order chi connectivity index (χ0) is 13.3. The number of hydrogen-bond acceptors (Lipinski definition) is 4. The highest BCUT2D eigenvalue weighted by Crippen LogP contribution is 2.25. The van der Waals surface area contributed by atoms with E-state index in [-0.39, 0.29) is 25.0 Å². The molecule has 1 N–H and O–H groups in total. The van der Waals surface area contributed by atoms with Gasteiger partial charge in [0.15, 0.2) is 0 Å². The Bertz CT molecular complexity index is 345. The molecule has 0 aromatic rings. The van der Waals surface area contributed by atoms with Gasteiger partial charge in [0.25, 0.3) is 5.91 Å². The maximum Gasteiger partial charge on any atom is 0.311 e. The highest BCUT2D eigenvalue weighted by molar-refractivity contribution is 5.82. The number of nitrogens with zero attached hydrogens (tertiary/aromatic N) is 1. The predicted octanol–water partition coefficient (Wildman–Crippen LogP) is -0.0306. The van der Waals surface area contributed by atoms with Crippen molar-refractivity contribution >= 4 is 11.9 Å². The molecule has 4 unspecified atom stereocenters. The summed E-state index contributed by atoms with van der Waals surface area (Å²) in [5.41, 5.74) is 0. The summed E-state index contributed by atoms with van der Waals surface area (Å²) < 4.78 is 10.6. The van der Waals surface area contributed by atoms with Gasteiger partial charge in [-0.25, -0.2) is 0 Å². The summed E-state index contributed by atoms with van der Waals surface area (Å²) in [4.78, 5) is 24.8. The van der Waals surface area contributed by atoms with Gasteiger partial charge in [0.1, 0.15) is 12.0 Å². The van der Waals surface area contributed by atoms with Gasteiger partial charge in [0.2, 0.25) is 0 Å². The number of amides is 1. The summed E-state index contributed by atoms with van der Waals surface area (Å²) >= 11 is 0. The van der Waals surface area contributed by atoms with Gasteiger partial charge in [0, 0.05) is 13.7 Å². The molecule has 2 saturated heterocycles. The van der Waals surface area contributed by atoms with Crippen molar-refractivity contribution in [2.75, 3.05) is 26.9 Å². The molecular weight excluding hydrogens is 238 g/mol. The largest absolute Gasteiger partial charge is 0.481 e. The van der Waals surface area contributed by atoms with Gasteiger partial charge in [-0.05, 0) is 12.3 Å². The minimum atomic E-state index is -0.919. The molecule has 6 nitrogen and oxygen atoms in total. The maximum atomic E-state index is 12.3. The summed E-state index contributed by atoms with van der Waals surface area (Å²) in [6.07, 6.45) is 0.429. The van der Waals surface area contributed by atoms with Crippen LogP contribution in [0.25, 0.3) is 0 Å². The van der Waals surface area contributed by atoms with E-state index in [1.54, 1.807) is 7.05 Å². The van der Waals surface area contributed by atoms with E-state index in [4.69, 9.17) is 14.6 Å². The van der Waals surface area contributed by atoms with Crippen molar-refractivity contribution in [2.45, 2.75) is 25.5 Å². The Morgan fingerprint density at radius 2 is 2.06 bits per heavy atom. The summed E-state index contributed by atoms with van der Waals surface area (Å²) in [5.74, 6) is -1.51. The molecule has 2 heterocycles. The normalized spacial score (nSPS) is 35.7. The second-order valence-corrected chi connectivity index (χ2v) is 5.06. The summed E-state index contributed by atoms with van der Waals surface area (Å²) in [6.45, 7) is 3.01. The van der Waals surface area contributed by atoms with Crippen LogP contribution >= 0.6 is 0 Å². The molecule has 102 valence electrons. The second kappa shape index (κ2) is 5.24. The monoisotopic (exact) mass is 257 g/mol. The third kappa shape index (κ3) is 2.35. The Morgan fingerprint density at radius 3 is 2.61 bits per heavy atom. The molecule has 1 amide bonds. The number of rotatable bonds is 3. The van der Waals surface area contributed by atoms with Gasteiger partial charge in [0.05, 0.1) is 19.3 Å². The number of aliphatic carboxylic acids is 1. The summed E-state index contributed by atoms with van der Waals surface area (Å²) in [6, 6.07) is -0.397. The number of carboxylic acid groups (broad SMARTS) is 1. The van der Waals surface area contributed by atoms with E-state index in [0.717, 1.165) is 6.42 Å². The van der Waals surface area contributed by atoms with Crippen molar-refractivity contribution in [3.63, 3.8) is 0 Å². The molecule has 4 atom stereocenters. The fourth-order valence-corrected chi connectivity index (χ4v) is 2.54. The zero-order valence-corrected chi connectivity index (χ0v) is 10.7. The zero-order valence-electron chi connectivity index (χ0n) is 10.7. The Labute approximate surface area is 106 Å². The van der Waals surface area contributed by atoms with Crippen molar-refractivity contribution < 1.29 is 24.2 Å². The minimum Gasteiger partial charge on any atom is -0.481 e. The van der Waals surface area contributed by atoms with Crippen molar-refractivity contribution in [3.8, 4) is 0 Å². The lowest BCUT2D eigenvalue weighted by Crippen LogP contribution is -2.48. The van der Waals surface area contributed by atoms with Crippen molar-refractivity contribution in [3.05, 3.63) is 0 Å². The quantitative estimate of drug-likeness (QED) is 0.768. The fraction of sp³-hybridized carbons (Fsp3) is 0.833. The van der Waals surface area contributed by atoms with Crippen molar-refractivity contribution in [1.29, 1.82) is 0 Å². The van der Waals surface area contributed by atoms with Gasteiger partial charge >= 0.3 is 5.97 Å².